The second-order valence-electron chi connectivity index (χ2n) is 4.31. The van der Waals surface area contributed by atoms with Crippen LogP contribution in [-0.2, 0) is 16.1 Å². The molecule has 2 amide bonds. The van der Waals surface area contributed by atoms with Gasteiger partial charge in [-0.25, -0.2) is 0 Å². The molecule has 0 aliphatic carbocycles. The summed E-state index contributed by atoms with van der Waals surface area (Å²) in [7, 11) is 1.60. The van der Waals surface area contributed by atoms with Gasteiger partial charge in [-0.2, -0.15) is 0 Å². The maximum atomic E-state index is 11.9. The number of benzene rings is 1. The van der Waals surface area contributed by atoms with E-state index in [9.17, 15) is 9.59 Å². The van der Waals surface area contributed by atoms with Gasteiger partial charge in [-0.1, -0.05) is 12.1 Å². The summed E-state index contributed by atoms with van der Waals surface area (Å²) in [6, 6.07) is 7.14. The number of hydrogen-bond donors (Lipinski definition) is 3. The molecule has 1 aromatic rings. The molecule has 1 unspecified atom stereocenters. The van der Waals surface area contributed by atoms with Gasteiger partial charge in [0.25, 0.3) is 0 Å². The average Bonchev–Trinajstić information content (AvgIpc) is 2.46. The molecule has 1 aliphatic heterocycles. The van der Waals surface area contributed by atoms with Crippen LogP contribution >= 0.6 is 0 Å². The van der Waals surface area contributed by atoms with Gasteiger partial charge in [0.15, 0.2) is 0 Å². The zero-order chi connectivity index (χ0) is 13.7. The van der Waals surface area contributed by atoms with Gasteiger partial charge in [0.1, 0.15) is 11.8 Å². The first-order valence-corrected chi connectivity index (χ1v) is 6.10. The van der Waals surface area contributed by atoms with E-state index in [-0.39, 0.29) is 24.4 Å². The fraction of sp³-hybridized carbons (Fsp3) is 0.385. The number of carbonyl (C=O) groups excluding carboxylic acids is 2. The predicted octanol–water partition coefficient (Wildman–Crippen LogP) is -0.601. The Kier molecular flexibility index (Phi) is 4.35. The lowest BCUT2D eigenvalue weighted by Crippen LogP contribution is -2.57. The lowest BCUT2D eigenvalue weighted by Gasteiger charge is -2.23. The predicted molar refractivity (Wildman–Crippen MR) is 69.6 cm³/mol. The average molecular weight is 263 g/mol. The van der Waals surface area contributed by atoms with Crippen LogP contribution in [0.5, 0.6) is 5.75 Å². The number of ether oxygens (including phenoxy) is 1. The first-order chi connectivity index (χ1) is 9.19. The molecule has 6 nitrogen and oxygen atoms in total. The first-order valence-electron chi connectivity index (χ1n) is 6.10. The maximum Gasteiger partial charge on any atom is 0.239 e. The molecule has 0 saturated carbocycles. The van der Waals surface area contributed by atoms with Crippen molar-refractivity contribution in [3.05, 3.63) is 29.8 Å². The highest BCUT2D eigenvalue weighted by molar-refractivity contribution is 5.86. The Morgan fingerprint density at radius 1 is 1.53 bits per heavy atom. The molecule has 3 N–H and O–H groups in total. The molecule has 19 heavy (non-hydrogen) atoms. The first kappa shape index (κ1) is 13.4. The quantitative estimate of drug-likeness (QED) is 0.678. The van der Waals surface area contributed by atoms with Crippen LogP contribution in [0.25, 0.3) is 0 Å². The summed E-state index contributed by atoms with van der Waals surface area (Å²) in [5, 5.41) is 8.35. The van der Waals surface area contributed by atoms with E-state index >= 15 is 0 Å². The third kappa shape index (κ3) is 3.69. The molecule has 1 saturated heterocycles. The largest absolute Gasteiger partial charge is 0.497 e. The molecular formula is C13H17N3O3. The minimum Gasteiger partial charge on any atom is -0.497 e. The van der Waals surface area contributed by atoms with Crippen LogP contribution in [-0.4, -0.2) is 38.1 Å². The van der Waals surface area contributed by atoms with E-state index in [4.69, 9.17) is 4.74 Å². The summed E-state index contributed by atoms with van der Waals surface area (Å²) in [4.78, 5) is 22.8. The van der Waals surface area contributed by atoms with Gasteiger partial charge < -0.3 is 15.4 Å². The molecule has 1 atom stereocenters. The zero-order valence-corrected chi connectivity index (χ0v) is 10.7. The number of amides is 2. The van der Waals surface area contributed by atoms with E-state index in [1.54, 1.807) is 7.11 Å². The van der Waals surface area contributed by atoms with Crippen molar-refractivity contribution in [1.29, 1.82) is 0 Å². The van der Waals surface area contributed by atoms with Gasteiger partial charge in [-0.05, 0) is 17.7 Å². The molecule has 0 spiro atoms. The number of hydrogen-bond acceptors (Lipinski definition) is 4. The monoisotopic (exact) mass is 263 g/mol. The Morgan fingerprint density at radius 2 is 2.37 bits per heavy atom. The highest BCUT2D eigenvalue weighted by Gasteiger charge is 2.23. The molecule has 1 aromatic carbocycles. The molecule has 2 rings (SSSR count). The van der Waals surface area contributed by atoms with E-state index in [2.05, 4.69) is 16.0 Å². The van der Waals surface area contributed by atoms with Gasteiger partial charge in [0.2, 0.25) is 11.8 Å². The van der Waals surface area contributed by atoms with Crippen LogP contribution in [0.1, 0.15) is 5.56 Å². The Balaban J connectivity index is 1.84. The smallest absolute Gasteiger partial charge is 0.239 e. The third-order valence-electron chi connectivity index (χ3n) is 2.93. The van der Waals surface area contributed by atoms with Crippen molar-refractivity contribution in [2.75, 3.05) is 20.2 Å². The molecule has 1 fully saturated rings. The fourth-order valence-corrected chi connectivity index (χ4v) is 1.85. The van der Waals surface area contributed by atoms with Crippen LogP contribution in [0.2, 0.25) is 0 Å². The number of rotatable bonds is 4. The third-order valence-corrected chi connectivity index (χ3v) is 2.93. The summed E-state index contributed by atoms with van der Waals surface area (Å²) in [6.45, 7) is 0.933. The lowest BCUT2D eigenvalue weighted by molar-refractivity contribution is -0.126. The highest BCUT2D eigenvalue weighted by Crippen LogP contribution is 2.12. The second kappa shape index (κ2) is 6.19. The number of nitrogens with one attached hydrogen (secondary N) is 3. The molecule has 6 heteroatoms. The maximum absolute atomic E-state index is 11.9. The van der Waals surface area contributed by atoms with Gasteiger partial charge in [0.05, 0.1) is 13.7 Å². The van der Waals surface area contributed by atoms with Gasteiger partial charge in [-0.15, -0.1) is 0 Å². The molecule has 0 radical (unpaired) electrons. The van der Waals surface area contributed by atoms with Crippen molar-refractivity contribution in [2.24, 2.45) is 0 Å². The summed E-state index contributed by atoms with van der Waals surface area (Å²) in [5.41, 5.74) is 0.965. The Morgan fingerprint density at radius 3 is 3.05 bits per heavy atom. The number of methoxy groups -OCH3 is 1. The molecule has 1 aliphatic rings. The van der Waals surface area contributed by atoms with E-state index in [0.717, 1.165) is 11.3 Å². The Bertz CT molecular complexity index is 466. The van der Waals surface area contributed by atoms with E-state index < -0.39 is 0 Å². The van der Waals surface area contributed by atoms with Gasteiger partial charge in [0, 0.05) is 13.1 Å². The minimum absolute atomic E-state index is 0.0863. The normalized spacial score (nSPS) is 18.6. The molecule has 1 heterocycles. The second-order valence-corrected chi connectivity index (χ2v) is 4.31. The van der Waals surface area contributed by atoms with Crippen LogP contribution in [0.3, 0.4) is 0 Å². The molecule has 102 valence electrons. The van der Waals surface area contributed by atoms with Gasteiger partial charge >= 0.3 is 0 Å². The zero-order valence-electron chi connectivity index (χ0n) is 10.7. The van der Waals surface area contributed by atoms with Crippen molar-refractivity contribution in [1.82, 2.24) is 16.0 Å². The van der Waals surface area contributed by atoms with Crippen molar-refractivity contribution in [3.8, 4) is 5.75 Å². The highest BCUT2D eigenvalue weighted by atomic mass is 16.5. The summed E-state index contributed by atoms with van der Waals surface area (Å²) >= 11 is 0. The van der Waals surface area contributed by atoms with E-state index in [1.165, 1.54) is 0 Å². The standard InChI is InChI=1S/C13H17N3O3/c1-19-10-4-2-3-9(5-10)6-16-13(18)11-7-15-12(17)8-14-11/h2-5,11,14H,6-8H2,1H3,(H,15,17)(H,16,18). The Hall–Kier alpha value is -2.08. The molecular weight excluding hydrogens is 246 g/mol. The number of piperazine rings is 1. The molecule has 0 bridgehead atoms. The van der Waals surface area contributed by atoms with Crippen LogP contribution in [0, 0.1) is 0 Å². The van der Waals surface area contributed by atoms with Gasteiger partial charge in [-0.3, -0.25) is 14.9 Å². The summed E-state index contributed by atoms with van der Waals surface area (Å²) in [5.74, 6) is 0.550. The summed E-state index contributed by atoms with van der Waals surface area (Å²) in [6.07, 6.45) is 0. The summed E-state index contributed by atoms with van der Waals surface area (Å²) < 4.78 is 5.12. The molecule has 0 aromatic heterocycles. The SMILES string of the molecule is COc1cccc(CNC(=O)C2CNC(=O)CN2)c1. The fourth-order valence-electron chi connectivity index (χ4n) is 1.85. The lowest BCUT2D eigenvalue weighted by atomic mass is 10.2. The number of carbonyl (C=O) groups is 2. The van der Waals surface area contributed by atoms with Crippen molar-refractivity contribution in [2.45, 2.75) is 12.6 Å². The topological polar surface area (TPSA) is 79.5 Å². The van der Waals surface area contributed by atoms with Crippen LogP contribution in [0.15, 0.2) is 24.3 Å². The van der Waals surface area contributed by atoms with Crippen molar-refractivity contribution < 1.29 is 14.3 Å². The minimum atomic E-state index is -0.372. The Labute approximate surface area is 111 Å². The van der Waals surface area contributed by atoms with Crippen molar-refractivity contribution >= 4 is 11.8 Å². The van der Waals surface area contributed by atoms with E-state index in [0.29, 0.717) is 13.1 Å². The van der Waals surface area contributed by atoms with Crippen LogP contribution < -0.4 is 20.7 Å². The van der Waals surface area contributed by atoms with Crippen molar-refractivity contribution in [3.63, 3.8) is 0 Å². The van der Waals surface area contributed by atoms with E-state index in [1.807, 2.05) is 24.3 Å². The van der Waals surface area contributed by atoms with Crippen LogP contribution in [0.4, 0.5) is 0 Å².